The number of carbonyl (C=O) groups excluding carboxylic acids is 1. The lowest BCUT2D eigenvalue weighted by molar-refractivity contribution is -0.137. The number of urea groups is 1. The lowest BCUT2D eigenvalue weighted by Crippen LogP contribution is -2.38. The van der Waals surface area contributed by atoms with Crippen molar-refractivity contribution in [3.63, 3.8) is 0 Å². The molecule has 0 atom stereocenters. The molecule has 1 fully saturated rings. The molecule has 8 nitrogen and oxygen atoms in total. The molecule has 5 rings (SSSR count). The van der Waals surface area contributed by atoms with Crippen molar-refractivity contribution in [2.45, 2.75) is 46.2 Å². The standard InChI is InChI=1S/C29H31F3N6O2/c1-4-8-22-33-26(23-25(36-40-27(23)34-22)20-11-6-12-21(17-20)29(30,31)32)37-13-7-14-38(16-15-37)28(39)35-24-18(2)9-5-10-19(24)3/h5-6,9-12,17H,4,7-8,13-16H2,1-3H3,(H,35,39). The second kappa shape index (κ2) is 11.1. The molecule has 0 saturated carbocycles. The monoisotopic (exact) mass is 552 g/mol. The van der Waals surface area contributed by atoms with E-state index in [-0.39, 0.29) is 23.0 Å². The van der Waals surface area contributed by atoms with Crippen LogP contribution < -0.4 is 10.2 Å². The fraction of sp³-hybridized carbons (Fsp3) is 0.379. The van der Waals surface area contributed by atoms with Gasteiger partial charge < -0.3 is 19.6 Å². The van der Waals surface area contributed by atoms with Crippen LogP contribution in [0.4, 0.5) is 29.5 Å². The van der Waals surface area contributed by atoms with Gasteiger partial charge in [-0.25, -0.2) is 9.78 Å². The van der Waals surface area contributed by atoms with Crippen molar-refractivity contribution in [1.29, 1.82) is 0 Å². The Kier molecular flexibility index (Phi) is 7.64. The van der Waals surface area contributed by atoms with Gasteiger partial charge in [-0.3, -0.25) is 0 Å². The predicted octanol–water partition coefficient (Wildman–Crippen LogP) is 6.62. The molecule has 1 N–H and O–H groups in total. The van der Waals surface area contributed by atoms with Crippen LogP contribution in [0.5, 0.6) is 0 Å². The van der Waals surface area contributed by atoms with E-state index < -0.39 is 11.7 Å². The largest absolute Gasteiger partial charge is 0.416 e. The Balaban J connectivity index is 1.46. The van der Waals surface area contributed by atoms with E-state index in [1.807, 2.05) is 43.9 Å². The summed E-state index contributed by atoms with van der Waals surface area (Å²) in [4.78, 5) is 26.3. The van der Waals surface area contributed by atoms with Crippen LogP contribution in [0, 0.1) is 13.8 Å². The number of para-hydroxylation sites is 1. The van der Waals surface area contributed by atoms with Crippen LogP contribution in [0.3, 0.4) is 0 Å². The Bertz CT molecular complexity index is 1510. The number of benzene rings is 2. The third-order valence-electron chi connectivity index (χ3n) is 7.10. The molecule has 2 aromatic heterocycles. The molecule has 210 valence electrons. The van der Waals surface area contributed by atoms with E-state index >= 15 is 0 Å². The minimum Gasteiger partial charge on any atom is -0.354 e. The minimum absolute atomic E-state index is 0.173. The van der Waals surface area contributed by atoms with Crippen LogP contribution in [0.25, 0.3) is 22.4 Å². The number of aromatic nitrogens is 3. The van der Waals surface area contributed by atoms with Crippen LogP contribution in [-0.4, -0.2) is 52.2 Å². The Morgan fingerprint density at radius 1 is 1.02 bits per heavy atom. The Hall–Kier alpha value is -4.15. The highest BCUT2D eigenvalue weighted by Crippen LogP contribution is 2.37. The van der Waals surface area contributed by atoms with Crippen molar-refractivity contribution < 1.29 is 22.5 Å². The third-order valence-corrected chi connectivity index (χ3v) is 7.10. The molecular weight excluding hydrogens is 521 g/mol. The quantitative estimate of drug-likeness (QED) is 0.300. The summed E-state index contributed by atoms with van der Waals surface area (Å²) in [6.45, 7) is 8.00. The molecule has 1 aliphatic heterocycles. The summed E-state index contributed by atoms with van der Waals surface area (Å²) in [6, 6.07) is 10.7. The summed E-state index contributed by atoms with van der Waals surface area (Å²) >= 11 is 0. The maximum atomic E-state index is 13.4. The van der Waals surface area contributed by atoms with E-state index in [4.69, 9.17) is 9.51 Å². The molecule has 0 unspecified atom stereocenters. The van der Waals surface area contributed by atoms with Crippen LogP contribution in [0.2, 0.25) is 0 Å². The first-order valence-electron chi connectivity index (χ1n) is 13.4. The fourth-order valence-corrected chi connectivity index (χ4v) is 5.01. The zero-order chi connectivity index (χ0) is 28.4. The maximum Gasteiger partial charge on any atom is 0.416 e. The number of amides is 2. The summed E-state index contributed by atoms with van der Waals surface area (Å²) in [7, 11) is 0. The zero-order valence-corrected chi connectivity index (χ0v) is 22.7. The topological polar surface area (TPSA) is 87.4 Å². The van der Waals surface area contributed by atoms with Gasteiger partial charge in [-0.2, -0.15) is 18.2 Å². The van der Waals surface area contributed by atoms with E-state index in [1.54, 1.807) is 11.0 Å². The van der Waals surface area contributed by atoms with Gasteiger partial charge in [0.15, 0.2) is 0 Å². The SMILES string of the molecule is CCCc1nc(N2CCCN(C(=O)Nc3c(C)cccc3C)CC2)c2c(-c3cccc(C(F)(F)F)c3)noc2n1. The van der Waals surface area contributed by atoms with Crippen molar-refractivity contribution >= 4 is 28.6 Å². The second-order valence-corrected chi connectivity index (χ2v) is 10.0. The second-order valence-electron chi connectivity index (χ2n) is 10.0. The van der Waals surface area contributed by atoms with Crippen molar-refractivity contribution in [3.8, 4) is 11.3 Å². The van der Waals surface area contributed by atoms with Gasteiger partial charge >= 0.3 is 12.2 Å². The Morgan fingerprint density at radius 2 is 1.77 bits per heavy atom. The molecule has 2 aromatic carbocycles. The summed E-state index contributed by atoms with van der Waals surface area (Å²) in [5.41, 5.74) is 2.78. The summed E-state index contributed by atoms with van der Waals surface area (Å²) < 4.78 is 45.9. The minimum atomic E-state index is -4.49. The van der Waals surface area contributed by atoms with E-state index in [1.165, 1.54) is 6.07 Å². The fourth-order valence-electron chi connectivity index (χ4n) is 5.01. The molecule has 1 aliphatic rings. The van der Waals surface area contributed by atoms with Crippen molar-refractivity contribution in [2.24, 2.45) is 0 Å². The molecule has 3 heterocycles. The number of hydrogen-bond donors (Lipinski definition) is 1. The molecule has 4 aromatic rings. The van der Waals surface area contributed by atoms with Crippen LogP contribution in [0.15, 0.2) is 47.0 Å². The molecule has 40 heavy (non-hydrogen) atoms. The Morgan fingerprint density at radius 3 is 2.50 bits per heavy atom. The maximum absolute atomic E-state index is 13.4. The third kappa shape index (κ3) is 5.59. The first kappa shape index (κ1) is 27.4. The van der Waals surface area contributed by atoms with Gasteiger partial charge in [0, 0.05) is 43.9 Å². The number of alkyl halides is 3. The van der Waals surface area contributed by atoms with E-state index in [0.29, 0.717) is 56.0 Å². The highest BCUT2D eigenvalue weighted by Gasteiger charge is 2.32. The highest BCUT2D eigenvalue weighted by molar-refractivity contribution is 5.98. The molecule has 0 radical (unpaired) electrons. The smallest absolute Gasteiger partial charge is 0.354 e. The van der Waals surface area contributed by atoms with Crippen molar-refractivity contribution in [3.05, 3.63) is 65.0 Å². The van der Waals surface area contributed by atoms with Crippen molar-refractivity contribution in [1.82, 2.24) is 20.0 Å². The van der Waals surface area contributed by atoms with Gasteiger partial charge in [-0.1, -0.05) is 42.4 Å². The van der Waals surface area contributed by atoms with Gasteiger partial charge in [0.1, 0.15) is 22.7 Å². The predicted molar refractivity (Wildman–Crippen MR) is 147 cm³/mol. The molecular formula is C29H31F3N6O2. The lowest BCUT2D eigenvalue weighted by Gasteiger charge is -2.24. The Labute approximate surface area is 230 Å². The zero-order valence-electron chi connectivity index (χ0n) is 22.7. The summed E-state index contributed by atoms with van der Waals surface area (Å²) in [5, 5.41) is 7.65. The van der Waals surface area contributed by atoms with Crippen LogP contribution >= 0.6 is 0 Å². The van der Waals surface area contributed by atoms with Gasteiger partial charge in [0.25, 0.3) is 5.71 Å². The number of halogens is 3. The number of aryl methyl sites for hydroxylation is 3. The van der Waals surface area contributed by atoms with Crippen molar-refractivity contribution in [2.75, 3.05) is 36.4 Å². The first-order chi connectivity index (χ1) is 19.2. The van der Waals surface area contributed by atoms with Gasteiger partial charge in [-0.05, 0) is 49.9 Å². The van der Waals surface area contributed by atoms with E-state index in [2.05, 4.69) is 15.5 Å². The van der Waals surface area contributed by atoms with Gasteiger partial charge in [0.2, 0.25) is 0 Å². The molecule has 0 spiro atoms. The number of nitrogens with one attached hydrogen (secondary N) is 1. The van der Waals surface area contributed by atoms with E-state index in [9.17, 15) is 18.0 Å². The summed E-state index contributed by atoms with van der Waals surface area (Å²) in [6.07, 6.45) is -2.39. The number of hydrogen-bond acceptors (Lipinski definition) is 6. The highest BCUT2D eigenvalue weighted by atomic mass is 19.4. The van der Waals surface area contributed by atoms with Gasteiger partial charge in [-0.15, -0.1) is 0 Å². The number of anilines is 2. The number of fused-ring (bicyclic) bond motifs is 1. The molecule has 0 aliphatic carbocycles. The number of carbonyl (C=O) groups is 1. The number of nitrogens with zero attached hydrogens (tertiary/aromatic N) is 5. The normalized spacial score (nSPS) is 14.4. The first-order valence-corrected chi connectivity index (χ1v) is 13.4. The van der Waals surface area contributed by atoms with Crippen LogP contribution in [0.1, 0.15) is 42.3 Å². The van der Waals surface area contributed by atoms with Crippen LogP contribution in [-0.2, 0) is 12.6 Å². The molecule has 2 amide bonds. The van der Waals surface area contributed by atoms with E-state index in [0.717, 1.165) is 35.4 Å². The molecule has 1 saturated heterocycles. The average Bonchev–Trinajstić information content (AvgIpc) is 3.19. The molecule has 11 heteroatoms. The van der Waals surface area contributed by atoms with Gasteiger partial charge in [0.05, 0.1) is 5.56 Å². The summed E-state index contributed by atoms with van der Waals surface area (Å²) in [5.74, 6) is 1.13. The average molecular weight is 553 g/mol. The molecule has 0 bridgehead atoms. The lowest BCUT2D eigenvalue weighted by atomic mass is 10.1. The number of rotatable bonds is 5.